The van der Waals surface area contributed by atoms with E-state index in [2.05, 4.69) is 20.4 Å². The van der Waals surface area contributed by atoms with Crippen LogP contribution in [0.1, 0.15) is 31.2 Å². The molecule has 0 aromatic carbocycles. The van der Waals surface area contributed by atoms with Crippen LogP contribution >= 0.6 is 23.2 Å². The summed E-state index contributed by atoms with van der Waals surface area (Å²) in [5, 5.41) is 8.42. The Labute approximate surface area is 132 Å². The summed E-state index contributed by atoms with van der Waals surface area (Å²) in [5.74, 6) is 2.39. The van der Waals surface area contributed by atoms with Gasteiger partial charge in [-0.15, -0.1) is 0 Å². The fraction of sp³-hybridized carbons (Fsp3) is 0.500. The van der Waals surface area contributed by atoms with Gasteiger partial charge in [-0.1, -0.05) is 34.8 Å². The second-order valence-electron chi connectivity index (χ2n) is 5.68. The maximum atomic E-state index is 6.14. The molecule has 1 saturated heterocycles. The Hall–Kier alpha value is -1.17. The van der Waals surface area contributed by atoms with Crippen molar-refractivity contribution in [2.75, 3.05) is 6.54 Å². The first kappa shape index (κ1) is 13.5. The summed E-state index contributed by atoms with van der Waals surface area (Å²) in [7, 11) is 0. The van der Waals surface area contributed by atoms with Crippen molar-refractivity contribution in [1.29, 1.82) is 0 Å². The monoisotopic (exact) mass is 324 g/mol. The molecule has 7 heteroatoms. The quantitative estimate of drug-likeness (QED) is 0.915. The van der Waals surface area contributed by atoms with Gasteiger partial charge in [0.15, 0.2) is 0 Å². The lowest BCUT2D eigenvalue weighted by molar-refractivity contribution is 0.302. The summed E-state index contributed by atoms with van der Waals surface area (Å²) in [6.07, 6.45) is 5.33. The molecule has 1 N–H and O–H groups in total. The van der Waals surface area contributed by atoms with Crippen molar-refractivity contribution < 1.29 is 4.52 Å². The molecule has 0 amide bonds. The fourth-order valence-corrected chi connectivity index (χ4v) is 3.96. The number of halogens is 2. The Kier molecular flexibility index (Phi) is 3.36. The molecule has 0 spiro atoms. The third kappa shape index (κ3) is 2.33. The third-order valence-electron chi connectivity index (χ3n) is 4.47. The molecule has 3 unspecified atom stereocenters. The molecular weight excluding hydrogens is 311 g/mol. The third-order valence-corrected chi connectivity index (χ3v) is 4.97. The maximum absolute atomic E-state index is 6.14. The van der Waals surface area contributed by atoms with Gasteiger partial charge in [0.25, 0.3) is 0 Å². The largest absolute Gasteiger partial charge is 0.337 e. The molecule has 2 aromatic rings. The van der Waals surface area contributed by atoms with E-state index in [4.69, 9.17) is 27.7 Å². The van der Waals surface area contributed by atoms with Crippen molar-refractivity contribution in [1.82, 2.24) is 20.4 Å². The van der Waals surface area contributed by atoms with E-state index >= 15 is 0 Å². The highest BCUT2D eigenvalue weighted by Gasteiger charge is 2.42. The zero-order chi connectivity index (χ0) is 14.4. The van der Waals surface area contributed by atoms with Crippen LogP contribution in [0.2, 0.25) is 10.0 Å². The van der Waals surface area contributed by atoms with Gasteiger partial charge in [0.05, 0.1) is 16.1 Å². The standard InChI is InChI=1S/C14H14Cl2N4O/c15-8-4-10(16)12(18-6-8)13-19-14(21-20-13)11-9-3-1-2-7(9)5-17-11/h4,6-7,9,11,17H,1-3,5H2. The second kappa shape index (κ2) is 5.23. The van der Waals surface area contributed by atoms with E-state index in [1.54, 1.807) is 6.07 Å². The lowest BCUT2D eigenvalue weighted by Crippen LogP contribution is -2.18. The zero-order valence-electron chi connectivity index (χ0n) is 11.2. The molecule has 2 aliphatic rings. The van der Waals surface area contributed by atoms with Gasteiger partial charge in [-0.3, -0.25) is 0 Å². The molecule has 1 aliphatic carbocycles. The molecule has 2 fully saturated rings. The van der Waals surface area contributed by atoms with Crippen LogP contribution in [0.25, 0.3) is 11.5 Å². The molecule has 2 aromatic heterocycles. The van der Waals surface area contributed by atoms with Crippen LogP contribution in [-0.4, -0.2) is 21.7 Å². The minimum absolute atomic E-state index is 0.157. The van der Waals surface area contributed by atoms with E-state index < -0.39 is 0 Å². The average molecular weight is 325 g/mol. The van der Waals surface area contributed by atoms with Gasteiger partial charge in [0, 0.05) is 6.20 Å². The molecule has 5 nitrogen and oxygen atoms in total. The van der Waals surface area contributed by atoms with Gasteiger partial charge >= 0.3 is 0 Å². The number of rotatable bonds is 2. The van der Waals surface area contributed by atoms with Crippen molar-refractivity contribution in [3.63, 3.8) is 0 Å². The minimum Gasteiger partial charge on any atom is -0.337 e. The van der Waals surface area contributed by atoms with E-state index in [0.29, 0.717) is 33.4 Å². The van der Waals surface area contributed by atoms with Crippen molar-refractivity contribution in [2.45, 2.75) is 25.3 Å². The van der Waals surface area contributed by atoms with Crippen LogP contribution in [0.3, 0.4) is 0 Å². The molecular formula is C14H14Cl2N4O. The Morgan fingerprint density at radius 3 is 3.05 bits per heavy atom. The van der Waals surface area contributed by atoms with E-state index in [9.17, 15) is 0 Å². The number of hydrogen-bond acceptors (Lipinski definition) is 5. The number of pyridine rings is 1. The van der Waals surface area contributed by atoms with Crippen molar-refractivity contribution in [2.24, 2.45) is 11.8 Å². The van der Waals surface area contributed by atoms with Crippen LogP contribution < -0.4 is 5.32 Å². The predicted octanol–water partition coefficient (Wildman–Crippen LogP) is 3.50. The Balaban J connectivity index is 1.64. The highest BCUT2D eigenvalue weighted by Crippen LogP contribution is 2.44. The number of aromatic nitrogens is 3. The molecule has 21 heavy (non-hydrogen) atoms. The number of nitrogens with one attached hydrogen (secondary N) is 1. The summed E-state index contributed by atoms with van der Waals surface area (Å²) >= 11 is 12.0. The van der Waals surface area contributed by atoms with Crippen molar-refractivity contribution >= 4 is 23.2 Å². The number of hydrogen-bond donors (Lipinski definition) is 1. The Bertz CT molecular complexity index is 675. The second-order valence-corrected chi connectivity index (χ2v) is 6.52. The lowest BCUT2D eigenvalue weighted by Gasteiger charge is -2.13. The van der Waals surface area contributed by atoms with Crippen LogP contribution in [0, 0.1) is 11.8 Å². The molecule has 1 aliphatic heterocycles. The van der Waals surface area contributed by atoms with E-state index in [-0.39, 0.29) is 6.04 Å². The highest BCUT2D eigenvalue weighted by atomic mass is 35.5. The SMILES string of the molecule is Clc1cnc(-c2noc(C3NCC4CCCC43)n2)c(Cl)c1. The normalized spacial score (nSPS) is 28.0. The van der Waals surface area contributed by atoms with Crippen LogP contribution in [0.4, 0.5) is 0 Å². The van der Waals surface area contributed by atoms with E-state index in [1.165, 1.54) is 25.5 Å². The van der Waals surface area contributed by atoms with Gasteiger partial charge in [0.1, 0.15) is 5.69 Å². The molecule has 1 saturated carbocycles. The summed E-state index contributed by atoms with van der Waals surface area (Å²) in [4.78, 5) is 8.67. The average Bonchev–Trinajstić information content (AvgIpc) is 3.13. The van der Waals surface area contributed by atoms with Gasteiger partial charge in [-0.2, -0.15) is 4.98 Å². The number of fused-ring (bicyclic) bond motifs is 1. The highest BCUT2D eigenvalue weighted by molar-refractivity contribution is 6.35. The molecule has 0 radical (unpaired) electrons. The van der Waals surface area contributed by atoms with Crippen LogP contribution in [0.5, 0.6) is 0 Å². The van der Waals surface area contributed by atoms with Crippen molar-refractivity contribution in [3.8, 4) is 11.5 Å². The Morgan fingerprint density at radius 2 is 2.19 bits per heavy atom. The van der Waals surface area contributed by atoms with Gasteiger partial charge in [-0.05, 0) is 37.3 Å². The lowest BCUT2D eigenvalue weighted by atomic mass is 9.94. The smallest absolute Gasteiger partial charge is 0.244 e. The van der Waals surface area contributed by atoms with Crippen LogP contribution in [0.15, 0.2) is 16.8 Å². The molecule has 0 bridgehead atoms. The summed E-state index contributed by atoms with van der Waals surface area (Å²) < 4.78 is 5.44. The van der Waals surface area contributed by atoms with Crippen LogP contribution in [-0.2, 0) is 0 Å². The first-order valence-electron chi connectivity index (χ1n) is 7.11. The fourth-order valence-electron chi connectivity index (χ4n) is 3.49. The van der Waals surface area contributed by atoms with Gasteiger partial charge in [-0.25, -0.2) is 4.98 Å². The molecule has 3 atom stereocenters. The number of nitrogens with zero attached hydrogens (tertiary/aromatic N) is 3. The Morgan fingerprint density at radius 1 is 1.29 bits per heavy atom. The first-order chi connectivity index (χ1) is 10.2. The van der Waals surface area contributed by atoms with E-state index in [0.717, 1.165) is 12.5 Å². The van der Waals surface area contributed by atoms with Crippen molar-refractivity contribution in [3.05, 3.63) is 28.2 Å². The molecule has 4 rings (SSSR count). The van der Waals surface area contributed by atoms with E-state index in [1.807, 2.05) is 0 Å². The summed E-state index contributed by atoms with van der Waals surface area (Å²) in [5.41, 5.74) is 0.497. The van der Waals surface area contributed by atoms with Gasteiger partial charge < -0.3 is 9.84 Å². The van der Waals surface area contributed by atoms with Gasteiger partial charge in [0.2, 0.25) is 11.7 Å². The topological polar surface area (TPSA) is 63.8 Å². The minimum atomic E-state index is 0.157. The first-order valence-corrected chi connectivity index (χ1v) is 7.86. The zero-order valence-corrected chi connectivity index (χ0v) is 12.7. The predicted molar refractivity (Wildman–Crippen MR) is 79.1 cm³/mol. The molecule has 110 valence electrons. The molecule has 3 heterocycles. The maximum Gasteiger partial charge on any atom is 0.244 e. The summed E-state index contributed by atoms with van der Waals surface area (Å²) in [6.45, 7) is 1.03. The summed E-state index contributed by atoms with van der Waals surface area (Å²) in [6, 6.07) is 1.78.